The van der Waals surface area contributed by atoms with Crippen LogP contribution in [0, 0.1) is 6.92 Å². The van der Waals surface area contributed by atoms with Gasteiger partial charge in [-0.1, -0.05) is 117 Å². The Kier molecular flexibility index (Phi) is 16.1. The van der Waals surface area contributed by atoms with Gasteiger partial charge in [-0.25, -0.2) is 0 Å². The maximum atomic E-state index is 9.92. The summed E-state index contributed by atoms with van der Waals surface area (Å²) in [6.07, 6.45) is -0.412. The lowest BCUT2D eigenvalue weighted by Gasteiger charge is -2.34. The molecule has 0 spiro atoms. The number of methoxy groups -OCH3 is 2. The third-order valence-corrected chi connectivity index (χ3v) is 11.4. The van der Waals surface area contributed by atoms with Gasteiger partial charge in [-0.2, -0.15) is 0 Å². The van der Waals surface area contributed by atoms with Crippen molar-refractivity contribution in [2.75, 3.05) is 14.2 Å². The number of aryl methyl sites for hydroxylation is 1. The molecule has 7 aromatic rings. The van der Waals surface area contributed by atoms with E-state index in [4.69, 9.17) is 33.2 Å². The van der Waals surface area contributed by atoms with Gasteiger partial charge in [0.2, 0.25) is 0 Å². The number of rotatable bonds is 13. The van der Waals surface area contributed by atoms with Crippen molar-refractivity contribution >= 4 is 0 Å². The molecular formula is C56H60O11. The quantitative estimate of drug-likeness (QED) is 0.0820. The minimum atomic E-state index is -0.537. The third-order valence-electron chi connectivity index (χ3n) is 11.4. The van der Waals surface area contributed by atoms with E-state index in [-0.39, 0.29) is 42.7 Å². The van der Waals surface area contributed by atoms with Gasteiger partial charge in [0.25, 0.3) is 0 Å². The summed E-state index contributed by atoms with van der Waals surface area (Å²) >= 11 is 0. The smallest absolute Gasteiger partial charge is 0.162 e. The van der Waals surface area contributed by atoms with Crippen molar-refractivity contribution in [3.05, 3.63) is 196 Å². The molecule has 0 radical (unpaired) electrons. The van der Waals surface area contributed by atoms with Crippen molar-refractivity contribution in [1.82, 2.24) is 0 Å². The van der Waals surface area contributed by atoms with Gasteiger partial charge in [-0.3, -0.25) is 0 Å². The van der Waals surface area contributed by atoms with Crippen LogP contribution in [0.5, 0.6) is 51.7 Å². The molecule has 0 amide bonds. The molecule has 4 atom stereocenters. The minimum absolute atomic E-state index is 0. The second-order valence-corrected chi connectivity index (χ2v) is 16.0. The molecule has 350 valence electrons. The molecule has 0 fully saturated rings. The first-order valence-electron chi connectivity index (χ1n) is 22.4. The van der Waals surface area contributed by atoms with Crippen LogP contribution in [-0.4, -0.2) is 46.9 Å². The Morgan fingerprint density at radius 2 is 0.955 bits per heavy atom. The first-order chi connectivity index (χ1) is 32.6. The molecule has 11 heteroatoms. The zero-order valence-corrected chi connectivity index (χ0v) is 38.4. The van der Waals surface area contributed by atoms with Crippen LogP contribution in [0.25, 0.3) is 0 Å². The van der Waals surface area contributed by atoms with E-state index in [2.05, 4.69) is 55.5 Å². The molecule has 0 saturated carbocycles. The lowest BCUT2D eigenvalue weighted by Crippen LogP contribution is -2.32. The van der Waals surface area contributed by atoms with Crippen molar-refractivity contribution in [2.24, 2.45) is 0 Å². The molecule has 0 saturated heterocycles. The largest absolute Gasteiger partial charge is 0.508 e. The van der Waals surface area contributed by atoms with Crippen LogP contribution in [0.2, 0.25) is 0 Å². The van der Waals surface area contributed by atoms with E-state index < -0.39 is 6.10 Å². The fraction of sp³-hybridized carbons (Fsp3) is 0.250. The molecule has 0 unspecified atom stereocenters. The van der Waals surface area contributed by atoms with Gasteiger partial charge in [0.1, 0.15) is 60.8 Å². The highest BCUT2D eigenvalue weighted by Crippen LogP contribution is 2.45. The Morgan fingerprint density at radius 1 is 0.478 bits per heavy atom. The van der Waals surface area contributed by atoms with Crippen molar-refractivity contribution in [1.29, 1.82) is 0 Å². The summed E-state index contributed by atoms with van der Waals surface area (Å²) in [7, 11) is 3.26. The second kappa shape index (κ2) is 22.7. The topological polar surface area (TPSA) is 146 Å². The van der Waals surface area contributed by atoms with Crippen LogP contribution in [-0.2, 0) is 42.1 Å². The van der Waals surface area contributed by atoms with Gasteiger partial charge in [0, 0.05) is 51.7 Å². The summed E-state index contributed by atoms with van der Waals surface area (Å²) in [6.45, 7) is 7.42. The lowest BCUT2D eigenvalue weighted by molar-refractivity contribution is -0.0123. The molecule has 67 heavy (non-hydrogen) atoms. The van der Waals surface area contributed by atoms with E-state index in [1.54, 1.807) is 13.2 Å². The SMILES string of the molecule is CC.CO[C@@H]1Cc2c(O)cc(O)cc2O[C@@H]1c1ccc(O)c(O)c1.CO[C@@H]1Cc2c(OCc3ccccc3)cc(C)cc2O[C@@H]1c1ccc(OCc2ccccc2)c(OCc2ccccc2)c1.[HH]. The molecular weight excluding hydrogens is 849 g/mol. The van der Waals surface area contributed by atoms with Crippen LogP contribution >= 0.6 is 0 Å². The van der Waals surface area contributed by atoms with Gasteiger partial charge in [-0.05, 0) is 76.7 Å². The number of fused-ring (bicyclic) bond motifs is 2. The normalized spacial score (nSPS) is 16.8. The molecule has 7 aromatic carbocycles. The number of hydrogen-bond acceptors (Lipinski definition) is 11. The predicted octanol–water partition coefficient (Wildman–Crippen LogP) is 11.9. The summed E-state index contributed by atoms with van der Waals surface area (Å²) in [5.74, 6) is 2.74. The van der Waals surface area contributed by atoms with Crippen molar-refractivity contribution in [3.8, 4) is 51.7 Å². The van der Waals surface area contributed by atoms with Crippen LogP contribution in [0.1, 0.15) is 72.0 Å². The highest BCUT2D eigenvalue weighted by Gasteiger charge is 2.35. The Labute approximate surface area is 393 Å². The fourth-order valence-corrected chi connectivity index (χ4v) is 7.99. The highest BCUT2D eigenvalue weighted by molar-refractivity contribution is 5.53. The van der Waals surface area contributed by atoms with Gasteiger partial charge in [0.05, 0.1) is 0 Å². The summed E-state index contributed by atoms with van der Waals surface area (Å²) in [5.41, 5.74) is 7.53. The first-order valence-corrected chi connectivity index (χ1v) is 22.4. The summed E-state index contributed by atoms with van der Waals surface area (Å²) in [4.78, 5) is 0. The van der Waals surface area contributed by atoms with Crippen molar-refractivity contribution < 1.29 is 55.0 Å². The molecule has 2 aliphatic rings. The van der Waals surface area contributed by atoms with Crippen molar-refractivity contribution in [3.63, 3.8) is 0 Å². The molecule has 9 rings (SSSR count). The number of phenolic OH excluding ortho intramolecular Hbond substituents is 4. The second-order valence-electron chi connectivity index (χ2n) is 16.0. The molecule has 4 N–H and O–H groups in total. The standard InChI is InChI=1S/C38H36O5.C16H16O6.C2H6.H2/c1-27-20-34(41-25-29-14-8-4-9-15-29)32-23-37(39-2)38(43-35(32)21-27)31-18-19-33(40-24-28-12-6-3-7-13-28)36(22-31)42-26-30-16-10-5-11-17-30;1-21-15-7-10-12(19)5-9(17)6-14(10)22-16(15)8-2-3-11(18)13(20)4-8;1-2;/h3-22,37-38H,23-26H2,1-2H3;2-6,15-20H,7H2,1H3;1-2H3;1H/t37-,38-;15-,16-;;/m11../s1. The zero-order chi connectivity index (χ0) is 47.3. The van der Waals surface area contributed by atoms with Crippen LogP contribution < -0.4 is 23.7 Å². The highest BCUT2D eigenvalue weighted by atomic mass is 16.5. The summed E-state index contributed by atoms with van der Waals surface area (Å²) in [6, 6.07) is 47.7. The Balaban J connectivity index is 0.000000256. The van der Waals surface area contributed by atoms with Crippen LogP contribution in [0.3, 0.4) is 0 Å². The molecule has 0 bridgehead atoms. The van der Waals surface area contributed by atoms with E-state index in [0.29, 0.717) is 61.0 Å². The van der Waals surface area contributed by atoms with Gasteiger partial charge in [-0.15, -0.1) is 0 Å². The lowest BCUT2D eigenvalue weighted by atomic mass is 9.93. The van der Waals surface area contributed by atoms with Crippen LogP contribution in [0.15, 0.2) is 152 Å². The Hall–Kier alpha value is -7.34. The Bertz CT molecular complexity index is 2680. The number of benzene rings is 7. The summed E-state index contributed by atoms with van der Waals surface area (Å²) < 4.78 is 42.9. The van der Waals surface area contributed by atoms with Gasteiger partial charge >= 0.3 is 0 Å². The summed E-state index contributed by atoms with van der Waals surface area (Å²) in [5, 5.41) is 38.6. The van der Waals surface area contributed by atoms with Crippen molar-refractivity contribution in [2.45, 2.75) is 77.8 Å². The number of aromatic hydroxyl groups is 4. The minimum Gasteiger partial charge on any atom is -0.508 e. The van der Waals surface area contributed by atoms with E-state index >= 15 is 0 Å². The maximum absolute atomic E-state index is 9.92. The monoisotopic (exact) mass is 908 g/mol. The van der Waals surface area contributed by atoms with Gasteiger partial charge in [0.15, 0.2) is 35.2 Å². The molecule has 0 aromatic heterocycles. The average molecular weight is 909 g/mol. The number of hydrogen-bond donors (Lipinski definition) is 4. The third kappa shape index (κ3) is 11.9. The molecule has 2 aliphatic heterocycles. The molecule has 11 nitrogen and oxygen atoms in total. The zero-order valence-electron chi connectivity index (χ0n) is 38.4. The van der Waals surface area contributed by atoms with E-state index in [1.807, 2.05) is 86.6 Å². The molecule has 0 aliphatic carbocycles. The average Bonchev–Trinajstić information content (AvgIpc) is 3.36. The number of phenols is 4. The molecule has 2 heterocycles. The predicted molar refractivity (Wildman–Crippen MR) is 259 cm³/mol. The fourth-order valence-electron chi connectivity index (χ4n) is 7.99. The maximum Gasteiger partial charge on any atom is 0.162 e. The van der Waals surface area contributed by atoms with Gasteiger partial charge < -0.3 is 53.6 Å². The van der Waals surface area contributed by atoms with Crippen LogP contribution in [0.4, 0.5) is 0 Å². The first kappa shape index (κ1) is 47.6. The Morgan fingerprint density at radius 3 is 1.49 bits per heavy atom. The van der Waals surface area contributed by atoms with E-state index in [9.17, 15) is 20.4 Å². The number of ether oxygens (including phenoxy) is 7. The van der Waals surface area contributed by atoms with E-state index in [0.717, 1.165) is 44.9 Å². The van der Waals surface area contributed by atoms with E-state index in [1.165, 1.54) is 31.4 Å².